The second-order valence-electron chi connectivity index (χ2n) is 17.8. The van der Waals surface area contributed by atoms with Gasteiger partial charge in [0.2, 0.25) is 0 Å². The molecule has 4 N–H and O–H groups in total. The maximum atomic E-state index is 13.1. The number of ether oxygens (including phenoxy) is 8. The molecular formula is C43H74N2O14. The second-order valence-corrected chi connectivity index (χ2v) is 17.8. The topological polar surface area (TPSA) is 195 Å². The molecule has 0 aromatic heterocycles. The molecule has 3 fully saturated rings. The summed E-state index contributed by atoms with van der Waals surface area (Å²) >= 11 is 0. The molecule has 4 aliphatic rings. The predicted molar refractivity (Wildman–Crippen MR) is 217 cm³/mol. The summed E-state index contributed by atoms with van der Waals surface area (Å²) in [6.45, 7) is 10.8. The number of esters is 1. The lowest BCUT2D eigenvalue weighted by atomic mass is 9.82. The van der Waals surface area contributed by atoms with E-state index in [1.807, 2.05) is 52.2 Å². The molecule has 59 heavy (non-hydrogen) atoms. The van der Waals surface area contributed by atoms with Crippen LogP contribution in [-0.4, -0.2) is 181 Å². The van der Waals surface area contributed by atoms with E-state index in [-0.39, 0.29) is 30.9 Å². The quantitative estimate of drug-likeness (QED) is 0.175. The molecule has 0 spiro atoms. The second kappa shape index (κ2) is 22.5. The van der Waals surface area contributed by atoms with E-state index in [0.717, 1.165) is 12.7 Å². The third kappa shape index (κ3) is 13.3. The van der Waals surface area contributed by atoms with E-state index < -0.39 is 110 Å². The predicted octanol–water partition coefficient (Wildman–Crippen LogP) is 2.33. The van der Waals surface area contributed by atoms with Crippen molar-refractivity contribution in [3.63, 3.8) is 0 Å². The number of aliphatic hydroxyl groups excluding tert-OH is 3. The Labute approximate surface area is 351 Å². The zero-order chi connectivity index (χ0) is 43.8. The van der Waals surface area contributed by atoms with Gasteiger partial charge in [-0.15, -0.1) is 0 Å². The Bertz CT molecular complexity index is 1370. The number of methoxy groups -OCH3 is 1. The molecule has 16 heteroatoms. The minimum atomic E-state index is -1.47. The number of hydrogen-bond donors (Lipinski definition) is 4. The minimum absolute atomic E-state index is 0.00885. The van der Waals surface area contributed by atoms with Crippen molar-refractivity contribution in [2.24, 2.45) is 11.8 Å². The van der Waals surface area contributed by atoms with Gasteiger partial charge < -0.3 is 72.9 Å². The number of cyclic esters (lactones) is 1. The summed E-state index contributed by atoms with van der Waals surface area (Å²) in [6, 6.07) is -0.466. The van der Waals surface area contributed by atoms with Crippen molar-refractivity contribution < 1.29 is 67.9 Å². The third-order valence-electron chi connectivity index (χ3n) is 12.4. The summed E-state index contributed by atoms with van der Waals surface area (Å²) in [6.07, 6.45) is -1.56. The highest BCUT2D eigenvalue weighted by Gasteiger charge is 2.52. The standard InChI is InChI=1S/C43H74N2O14/c1-24-21-29(19-20-46)39(59-42-37(49)36(45(9)10)38(27(4)56-42)58-35-23-43(6,51)41(50)28(5)55-35)40(52-11)31(47)22-33(48)53-25(2)15-13-12-14-16-32(24)57-34-18-17-30(44(7)8)26(3)54-34/h12-14,16,20,24-32,34-42,47,49-51H,15,17-19,21-23H2,1-11H3/b13-12+,16-14+/t24-,25-,26-,27-,28+,29+,30+,31-,32?,34+,35+,36-,37-,38-,39+,40+,41+,42-,43-/m1/s1. The fraction of sp³-hybridized carbons (Fsp3) is 0.860. The van der Waals surface area contributed by atoms with Crippen molar-refractivity contribution in [2.75, 3.05) is 35.3 Å². The van der Waals surface area contributed by atoms with Gasteiger partial charge in [-0.1, -0.05) is 31.2 Å². The fourth-order valence-corrected chi connectivity index (χ4v) is 9.10. The number of aliphatic hydroxyl groups is 4. The average molecular weight is 843 g/mol. The molecule has 4 heterocycles. The number of hydrogen-bond acceptors (Lipinski definition) is 16. The van der Waals surface area contributed by atoms with Crippen molar-refractivity contribution >= 4 is 12.3 Å². The van der Waals surface area contributed by atoms with Crippen molar-refractivity contribution in [3.05, 3.63) is 24.3 Å². The van der Waals surface area contributed by atoms with Crippen molar-refractivity contribution in [1.82, 2.24) is 9.80 Å². The number of nitrogens with zero attached hydrogens (tertiary/aromatic N) is 2. The zero-order valence-corrected chi connectivity index (χ0v) is 37.0. The summed E-state index contributed by atoms with van der Waals surface area (Å²) in [5.74, 6) is -1.47. The average Bonchev–Trinajstić information content (AvgIpc) is 3.13. The van der Waals surface area contributed by atoms with Crippen LogP contribution in [0.25, 0.3) is 0 Å². The molecule has 4 aliphatic heterocycles. The monoisotopic (exact) mass is 843 g/mol. The van der Waals surface area contributed by atoms with E-state index in [2.05, 4.69) is 4.90 Å². The van der Waals surface area contributed by atoms with Gasteiger partial charge in [-0.3, -0.25) is 4.79 Å². The van der Waals surface area contributed by atoms with Crippen LogP contribution >= 0.6 is 0 Å². The first-order valence-electron chi connectivity index (χ1n) is 21.3. The molecule has 0 aliphatic carbocycles. The summed E-state index contributed by atoms with van der Waals surface area (Å²) in [7, 11) is 9.03. The van der Waals surface area contributed by atoms with Crippen LogP contribution in [-0.2, 0) is 47.5 Å². The molecule has 0 saturated carbocycles. The molecule has 16 nitrogen and oxygen atoms in total. The van der Waals surface area contributed by atoms with Crippen LogP contribution in [0.15, 0.2) is 24.3 Å². The van der Waals surface area contributed by atoms with Crippen molar-refractivity contribution in [1.29, 1.82) is 0 Å². The normalized spacial score (nSPS) is 45.8. The van der Waals surface area contributed by atoms with Crippen LogP contribution in [0, 0.1) is 11.8 Å². The van der Waals surface area contributed by atoms with Gasteiger partial charge in [0.15, 0.2) is 18.9 Å². The highest BCUT2D eigenvalue weighted by atomic mass is 16.7. The highest BCUT2D eigenvalue weighted by Crippen LogP contribution is 2.37. The van der Waals surface area contributed by atoms with E-state index in [4.69, 9.17) is 37.9 Å². The summed E-state index contributed by atoms with van der Waals surface area (Å²) in [5, 5.41) is 45.1. The zero-order valence-electron chi connectivity index (χ0n) is 37.0. The molecule has 0 bridgehead atoms. The minimum Gasteiger partial charge on any atom is -0.462 e. The van der Waals surface area contributed by atoms with E-state index in [1.165, 1.54) is 14.0 Å². The van der Waals surface area contributed by atoms with Crippen LogP contribution in [0.4, 0.5) is 0 Å². The molecule has 340 valence electrons. The summed E-state index contributed by atoms with van der Waals surface area (Å²) < 4.78 is 50.0. The molecule has 3 saturated heterocycles. The number of carbonyl (C=O) groups excluding carboxylic acids is 2. The SMILES string of the molecule is CO[C@@H]1[C@@H](O[C@H]2O[C@H](C)[C@@H](O[C@H]3C[C@@](C)(O)[C@@H](O)[C@H](C)O3)[C@H](N(C)C)[C@H]2O)[C@@H](CC=O)C[C@@H](C)C(O[C@H]2CC[C@H](N(C)C)[C@@H](C)O2)/C=C/C=C/C[C@@H](C)OC(=O)C[C@H]1O. The first-order valence-corrected chi connectivity index (χ1v) is 21.3. The van der Waals surface area contributed by atoms with Gasteiger partial charge in [-0.05, 0) is 93.9 Å². The molecule has 4 rings (SSSR count). The Morgan fingerprint density at radius 3 is 2.17 bits per heavy atom. The molecule has 0 radical (unpaired) electrons. The van der Waals surface area contributed by atoms with Gasteiger partial charge in [0.25, 0.3) is 0 Å². The lowest BCUT2D eigenvalue weighted by molar-refractivity contribution is -0.344. The van der Waals surface area contributed by atoms with Gasteiger partial charge in [-0.2, -0.15) is 0 Å². The molecule has 19 atom stereocenters. The van der Waals surface area contributed by atoms with Gasteiger partial charge in [0, 0.05) is 32.4 Å². The highest BCUT2D eigenvalue weighted by molar-refractivity contribution is 5.70. The molecule has 1 unspecified atom stereocenters. The Hall–Kier alpha value is -1.90. The van der Waals surface area contributed by atoms with Crippen LogP contribution in [0.5, 0.6) is 0 Å². The molecular weight excluding hydrogens is 768 g/mol. The van der Waals surface area contributed by atoms with Crippen LogP contribution in [0.3, 0.4) is 0 Å². The van der Waals surface area contributed by atoms with Crippen LogP contribution in [0.1, 0.15) is 86.5 Å². The number of carbonyl (C=O) groups is 2. The smallest absolute Gasteiger partial charge is 0.308 e. The van der Waals surface area contributed by atoms with E-state index in [9.17, 15) is 30.0 Å². The lowest BCUT2D eigenvalue weighted by Gasteiger charge is -2.50. The van der Waals surface area contributed by atoms with Gasteiger partial charge in [-0.25, -0.2) is 0 Å². The number of rotatable bonds is 11. The fourth-order valence-electron chi connectivity index (χ4n) is 9.10. The van der Waals surface area contributed by atoms with Gasteiger partial charge in [0.1, 0.15) is 36.8 Å². The van der Waals surface area contributed by atoms with Gasteiger partial charge in [0.05, 0.1) is 54.7 Å². The molecule has 0 aromatic rings. The maximum Gasteiger partial charge on any atom is 0.308 e. The van der Waals surface area contributed by atoms with Crippen molar-refractivity contribution in [2.45, 2.75) is 190 Å². The number of aldehydes is 1. The first kappa shape index (κ1) is 49.8. The van der Waals surface area contributed by atoms with E-state index in [1.54, 1.807) is 39.8 Å². The largest absolute Gasteiger partial charge is 0.462 e. The van der Waals surface area contributed by atoms with Crippen molar-refractivity contribution in [3.8, 4) is 0 Å². The lowest BCUT2D eigenvalue weighted by Crippen LogP contribution is -2.65. The Kier molecular flexibility index (Phi) is 18.9. The summed E-state index contributed by atoms with van der Waals surface area (Å²) in [4.78, 5) is 29.5. The Balaban J connectivity index is 1.66. The third-order valence-corrected chi connectivity index (χ3v) is 12.4. The van der Waals surface area contributed by atoms with E-state index >= 15 is 0 Å². The molecule has 0 aromatic carbocycles. The first-order chi connectivity index (χ1) is 27.8. The number of allylic oxidation sites excluding steroid dienone is 2. The number of likely N-dealkylation sites (N-methyl/N-ethyl adjacent to an activating group) is 2. The summed E-state index contributed by atoms with van der Waals surface area (Å²) in [5.41, 5.74) is -1.47. The van der Waals surface area contributed by atoms with Crippen LogP contribution in [0.2, 0.25) is 0 Å². The van der Waals surface area contributed by atoms with E-state index in [0.29, 0.717) is 19.3 Å². The Morgan fingerprint density at radius 2 is 1.56 bits per heavy atom. The molecule has 0 amide bonds. The Morgan fingerprint density at radius 1 is 0.864 bits per heavy atom. The van der Waals surface area contributed by atoms with Gasteiger partial charge >= 0.3 is 5.97 Å². The van der Waals surface area contributed by atoms with Crippen LogP contribution < -0.4 is 0 Å². The maximum absolute atomic E-state index is 13.1.